The second-order valence-electron chi connectivity index (χ2n) is 7.94. The Morgan fingerprint density at radius 2 is 1.84 bits per heavy atom. The highest BCUT2D eigenvalue weighted by Gasteiger charge is 2.20. The van der Waals surface area contributed by atoms with Gasteiger partial charge in [0.2, 0.25) is 0 Å². The highest BCUT2D eigenvalue weighted by atomic mass is 32.1. The molecular formula is C21H22N4O5S. The SMILES string of the molecule is Cc1ccc([N+](=O)[O-])c(C)c1NC(=O)c1ccc2nc(NC(=O)OC(C)(C)C)sc2c1. The Morgan fingerprint density at radius 3 is 2.48 bits per heavy atom. The molecule has 0 atom stereocenters. The summed E-state index contributed by atoms with van der Waals surface area (Å²) in [5.41, 5.74) is 1.82. The van der Waals surface area contributed by atoms with E-state index in [0.717, 1.165) is 5.56 Å². The molecule has 0 aliphatic heterocycles. The van der Waals surface area contributed by atoms with Gasteiger partial charge in [0.25, 0.3) is 11.6 Å². The maximum atomic E-state index is 12.8. The van der Waals surface area contributed by atoms with Crippen LogP contribution < -0.4 is 10.6 Å². The predicted molar refractivity (Wildman–Crippen MR) is 120 cm³/mol. The first-order valence-electron chi connectivity index (χ1n) is 9.41. The molecule has 2 aromatic carbocycles. The van der Waals surface area contributed by atoms with Crippen molar-refractivity contribution in [1.29, 1.82) is 0 Å². The van der Waals surface area contributed by atoms with E-state index in [4.69, 9.17) is 4.74 Å². The van der Waals surface area contributed by atoms with Crippen molar-refractivity contribution < 1.29 is 19.2 Å². The van der Waals surface area contributed by atoms with E-state index >= 15 is 0 Å². The standard InChI is InChI=1S/C21H22N4O5S/c1-11-6-9-15(25(28)29)12(2)17(11)23-18(26)13-7-8-14-16(10-13)31-19(22-14)24-20(27)30-21(3,4)5/h6-10H,1-5H3,(H,23,26)(H,22,24,27). The second-order valence-corrected chi connectivity index (χ2v) is 8.97. The predicted octanol–water partition coefficient (Wildman–Crippen LogP) is 5.42. The number of fused-ring (bicyclic) bond motifs is 1. The molecular weight excluding hydrogens is 420 g/mol. The number of hydrogen-bond acceptors (Lipinski definition) is 7. The number of ether oxygens (including phenoxy) is 1. The van der Waals surface area contributed by atoms with Crippen LogP contribution in [0.5, 0.6) is 0 Å². The Kier molecular flexibility index (Phi) is 5.94. The van der Waals surface area contributed by atoms with E-state index in [-0.39, 0.29) is 5.69 Å². The lowest BCUT2D eigenvalue weighted by Gasteiger charge is -2.18. The quantitative estimate of drug-likeness (QED) is 0.411. The number of aromatic nitrogens is 1. The van der Waals surface area contributed by atoms with Gasteiger partial charge in [-0.15, -0.1) is 0 Å². The molecule has 0 saturated carbocycles. The van der Waals surface area contributed by atoms with Crippen LogP contribution in [0.2, 0.25) is 0 Å². The summed E-state index contributed by atoms with van der Waals surface area (Å²) in [5, 5.41) is 16.9. The first-order valence-corrected chi connectivity index (χ1v) is 10.2. The maximum Gasteiger partial charge on any atom is 0.413 e. The summed E-state index contributed by atoms with van der Waals surface area (Å²) in [6.45, 7) is 8.66. The number of rotatable bonds is 4. The number of anilines is 2. The van der Waals surface area contributed by atoms with Crippen molar-refractivity contribution in [2.24, 2.45) is 0 Å². The number of benzene rings is 2. The normalized spacial score (nSPS) is 11.3. The van der Waals surface area contributed by atoms with Crippen LogP contribution in [0, 0.1) is 24.0 Å². The fourth-order valence-corrected chi connectivity index (χ4v) is 3.81. The number of hydrogen-bond donors (Lipinski definition) is 2. The average molecular weight is 442 g/mol. The molecule has 0 fully saturated rings. The number of nitro groups is 1. The number of carbonyl (C=O) groups excluding carboxylic acids is 2. The highest BCUT2D eigenvalue weighted by Crippen LogP contribution is 2.30. The number of amides is 2. The van der Waals surface area contributed by atoms with Gasteiger partial charge in [0.05, 0.1) is 26.4 Å². The number of nitrogens with zero attached hydrogens (tertiary/aromatic N) is 2. The Morgan fingerprint density at radius 1 is 1.13 bits per heavy atom. The fourth-order valence-electron chi connectivity index (χ4n) is 2.92. The number of thiazole rings is 1. The van der Waals surface area contributed by atoms with E-state index < -0.39 is 22.5 Å². The molecule has 3 aromatic rings. The van der Waals surface area contributed by atoms with Gasteiger partial charge in [-0.1, -0.05) is 17.4 Å². The lowest BCUT2D eigenvalue weighted by atomic mass is 10.1. The molecule has 0 bridgehead atoms. The minimum Gasteiger partial charge on any atom is -0.444 e. The van der Waals surface area contributed by atoms with Crippen molar-refractivity contribution in [3.63, 3.8) is 0 Å². The van der Waals surface area contributed by atoms with Crippen LogP contribution in [-0.4, -0.2) is 27.5 Å². The Bertz CT molecular complexity index is 1200. The molecule has 162 valence electrons. The summed E-state index contributed by atoms with van der Waals surface area (Å²) in [6.07, 6.45) is -0.610. The van der Waals surface area contributed by atoms with Gasteiger partial charge in [-0.3, -0.25) is 20.2 Å². The lowest BCUT2D eigenvalue weighted by molar-refractivity contribution is -0.385. The van der Waals surface area contributed by atoms with E-state index in [0.29, 0.717) is 32.2 Å². The summed E-state index contributed by atoms with van der Waals surface area (Å²) < 4.78 is 5.92. The van der Waals surface area contributed by atoms with Crippen LogP contribution in [0.15, 0.2) is 30.3 Å². The summed E-state index contributed by atoms with van der Waals surface area (Å²) in [5.74, 6) is -0.399. The van der Waals surface area contributed by atoms with Crippen LogP contribution in [0.1, 0.15) is 42.3 Å². The van der Waals surface area contributed by atoms with Gasteiger partial charge in [0.1, 0.15) is 5.60 Å². The third kappa shape index (κ3) is 5.15. The fraction of sp³-hybridized carbons (Fsp3) is 0.286. The van der Waals surface area contributed by atoms with Crippen LogP contribution in [-0.2, 0) is 4.74 Å². The molecule has 10 heteroatoms. The minimum absolute atomic E-state index is 0.0586. The molecule has 31 heavy (non-hydrogen) atoms. The third-order valence-electron chi connectivity index (χ3n) is 4.34. The van der Waals surface area contributed by atoms with Gasteiger partial charge in [-0.25, -0.2) is 9.78 Å². The first-order chi connectivity index (χ1) is 14.4. The summed E-state index contributed by atoms with van der Waals surface area (Å²) in [4.78, 5) is 39.8. The Labute approximate surface area is 182 Å². The molecule has 2 N–H and O–H groups in total. The van der Waals surface area contributed by atoms with Crippen molar-refractivity contribution in [3.05, 3.63) is 57.1 Å². The molecule has 0 aliphatic carbocycles. The van der Waals surface area contributed by atoms with Crippen LogP contribution in [0.3, 0.4) is 0 Å². The lowest BCUT2D eigenvalue weighted by Crippen LogP contribution is -2.27. The van der Waals surface area contributed by atoms with E-state index in [2.05, 4.69) is 15.6 Å². The van der Waals surface area contributed by atoms with E-state index in [1.54, 1.807) is 58.9 Å². The molecule has 9 nitrogen and oxygen atoms in total. The zero-order valence-corrected chi connectivity index (χ0v) is 18.5. The molecule has 3 rings (SSSR count). The van der Waals surface area contributed by atoms with Crippen LogP contribution >= 0.6 is 11.3 Å². The Hall–Kier alpha value is -3.53. The topological polar surface area (TPSA) is 123 Å². The van der Waals surface area contributed by atoms with Crippen molar-refractivity contribution in [2.75, 3.05) is 10.6 Å². The number of carbonyl (C=O) groups is 2. The zero-order chi connectivity index (χ0) is 22.9. The van der Waals surface area contributed by atoms with E-state index in [1.165, 1.54) is 17.4 Å². The van der Waals surface area contributed by atoms with Crippen molar-refractivity contribution in [2.45, 2.75) is 40.2 Å². The monoisotopic (exact) mass is 442 g/mol. The number of nitro benzene ring substituents is 1. The molecule has 0 aliphatic rings. The third-order valence-corrected chi connectivity index (χ3v) is 5.27. The summed E-state index contributed by atoms with van der Waals surface area (Å²) in [6, 6.07) is 7.96. The van der Waals surface area contributed by atoms with Gasteiger partial charge in [0.15, 0.2) is 5.13 Å². The largest absolute Gasteiger partial charge is 0.444 e. The molecule has 0 unspecified atom stereocenters. The minimum atomic E-state index is -0.630. The van der Waals surface area contributed by atoms with Crippen molar-refractivity contribution in [1.82, 2.24) is 4.98 Å². The highest BCUT2D eigenvalue weighted by molar-refractivity contribution is 7.22. The van der Waals surface area contributed by atoms with Crippen molar-refractivity contribution >= 4 is 50.1 Å². The molecule has 2 amide bonds. The van der Waals surface area contributed by atoms with Crippen molar-refractivity contribution in [3.8, 4) is 0 Å². The van der Waals surface area contributed by atoms with Gasteiger partial charge >= 0.3 is 6.09 Å². The molecule has 0 spiro atoms. The second kappa shape index (κ2) is 8.31. The van der Waals surface area contributed by atoms with Gasteiger partial charge in [0, 0.05) is 11.6 Å². The molecule has 1 heterocycles. The molecule has 0 saturated heterocycles. The van der Waals surface area contributed by atoms with Gasteiger partial charge in [-0.05, 0) is 58.4 Å². The molecule has 0 radical (unpaired) electrons. The average Bonchev–Trinajstić information content (AvgIpc) is 3.04. The van der Waals surface area contributed by atoms with Gasteiger partial charge in [-0.2, -0.15) is 0 Å². The van der Waals surface area contributed by atoms with Gasteiger partial charge < -0.3 is 10.1 Å². The molecule has 1 aromatic heterocycles. The zero-order valence-electron chi connectivity index (χ0n) is 17.7. The number of nitrogens with one attached hydrogen (secondary N) is 2. The summed E-state index contributed by atoms with van der Waals surface area (Å²) in [7, 11) is 0. The van der Waals surface area contributed by atoms with E-state index in [9.17, 15) is 19.7 Å². The smallest absolute Gasteiger partial charge is 0.413 e. The van der Waals surface area contributed by atoms with Crippen LogP contribution in [0.25, 0.3) is 10.2 Å². The summed E-state index contributed by atoms with van der Waals surface area (Å²) >= 11 is 1.21. The maximum absolute atomic E-state index is 12.8. The first kappa shape index (κ1) is 22.2. The van der Waals surface area contributed by atoms with Crippen LogP contribution in [0.4, 0.5) is 21.3 Å². The number of aryl methyl sites for hydroxylation is 1. The Balaban J connectivity index is 1.82. The van der Waals surface area contributed by atoms with E-state index in [1.807, 2.05) is 0 Å².